The number of rotatable bonds is 9. The molecule has 0 radical (unpaired) electrons. The van der Waals surface area contributed by atoms with Gasteiger partial charge in [-0.25, -0.2) is 0 Å². The third kappa shape index (κ3) is 6.20. The Balaban J connectivity index is 1.22. The number of carbonyl (C=O) groups excluding carboxylic acids is 2. The zero-order valence-corrected chi connectivity index (χ0v) is 33.3. The van der Waals surface area contributed by atoms with Crippen LogP contribution in [0.25, 0.3) is 0 Å². The summed E-state index contributed by atoms with van der Waals surface area (Å²) >= 11 is 0. The molecule has 0 spiro atoms. The van der Waals surface area contributed by atoms with E-state index in [1.807, 2.05) is 0 Å². The van der Waals surface area contributed by atoms with Crippen molar-refractivity contribution in [3.63, 3.8) is 0 Å². The molecule has 5 fully saturated rings. The summed E-state index contributed by atoms with van der Waals surface area (Å²) < 4.78 is 6.18. The maximum absolute atomic E-state index is 13.8. The summed E-state index contributed by atoms with van der Waals surface area (Å²) in [5.41, 5.74) is 2.90. The van der Waals surface area contributed by atoms with Crippen LogP contribution in [0, 0.1) is 69.0 Å². The smallest absolute Gasteiger partial charge is 0.309 e. The lowest BCUT2D eigenvalue weighted by Crippen LogP contribution is -2.67. The number of carbonyl (C=O) groups is 3. The summed E-state index contributed by atoms with van der Waals surface area (Å²) in [6, 6.07) is 8.47. The molecule has 6 heteroatoms. The highest BCUT2D eigenvalue weighted by Gasteiger charge is 2.71. The third-order valence-electron chi connectivity index (χ3n) is 16.7. The van der Waals surface area contributed by atoms with Gasteiger partial charge in [0.25, 0.3) is 0 Å². The van der Waals surface area contributed by atoms with Crippen LogP contribution in [0.2, 0.25) is 0 Å². The summed E-state index contributed by atoms with van der Waals surface area (Å²) in [7, 11) is 0. The molecule has 5 aliphatic rings. The molecule has 2 N–H and O–H groups in total. The van der Waals surface area contributed by atoms with Gasteiger partial charge in [-0.3, -0.25) is 14.4 Å². The molecule has 1 amide bonds. The topological polar surface area (TPSA) is 92.7 Å². The number of hydrogen-bond donors (Lipinski definition) is 2. The number of ether oxygens (including phenoxy) is 1. The van der Waals surface area contributed by atoms with E-state index >= 15 is 0 Å². The van der Waals surface area contributed by atoms with Gasteiger partial charge in [0, 0.05) is 18.4 Å². The Morgan fingerprint density at radius 1 is 0.882 bits per heavy atom. The van der Waals surface area contributed by atoms with Crippen molar-refractivity contribution in [3.05, 3.63) is 47.5 Å². The molecule has 5 aliphatic carbocycles. The van der Waals surface area contributed by atoms with Crippen LogP contribution in [0.5, 0.6) is 0 Å². The molecule has 5 saturated carbocycles. The first-order valence-electron chi connectivity index (χ1n) is 20.1. The van der Waals surface area contributed by atoms with Crippen molar-refractivity contribution in [2.45, 2.75) is 152 Å². The minimum atomic E-state index is -1.14. The second kappa shape index (κ2) is 13.0. The number of carboxylic acids is 1. The molecule has 1 aromatic rings. The fourth-order valence-electron chi connectivity index (χ4n) is 13.7. The van der Waals surface area contributed by atoms with E-state index < -0.39 is 17.4 Å². The van der Waals surface area contributed by atoms with Crippen molar-refractivity contribution >= 4 is 17.8 Å². The van der Waals surface area contributed by atoms with Gasteiger partial charge in [-0.2, -0.15) is 0 Å². The van der Waals surface area contributed by atoms with Crippen molar-refractivity contribution in [2.24, 2.45) is 62.1 Å². The number of aryl methyl sites for hydroxylation is 1. The zero-order chi connectivity index (χ0) is 37.4. The number of amides is 1. The quantitative estimate of drug-likeness (QED) is 0.198. The first-order chi connectivity index (χ1) is 23.7. The molecule has 0 unspecified atom stereocenters. The number of benzene rings is 1. The molecule has 51 heavy (non-hydrogen) atoms. The second-order valence-electron chi connectivity index (χ2n) is 20.2. The van der Waals surface area contributed by atoms with Gasteiger partial charge >= 0.3 is 11.9 Å². The van der Waals surface area contributed by atoms with Gasteiger partial charge in [-0.15, -0.1) is 0 Å². The molecule has 0 aliphatic heterocycles. The minimum absolute atomic E-state index is 0.0363. The molecule has 282 valence electrons. The number of aliphatic carboxylic acids is 1. The average Bonchev–Trinajstić information content (AvgIpc) is 3.42. The van der Waals surface area contributed by atoms with Crippen LogP contribution in [0.1, 0.15) is 144 Å². The summed E-state index contributed by atoms with van der Waals surface area (Å²) in [6.45, 7) is 25.1. The standard InChI is InChI=1S/C45H67NO5/c1-28(2)31-17-22-45(25-36(47)46-27-30-13-11-29(3)12-14-30)24-23-43(9)32(38(31)45)15-16-34-42(8)20-19-35(51-37(48)26-40(4,5)39(49)50)41(6,7)33(42)18-21-44(34,43)10/h11-14,31-35,38H,1,15-27H2,2-10H3,(H,46,47)(H,49,50)/t31-,32+,33-,34+,35-,38+,42-,43+,44+,45+/m0/s1. The van der Waals surface area contributed by atoms with E-state index in [1.165, 1.54) is 36.8 Å². The Morgan fingerprint density at radius 3 is 2.22 bits per heavy atom. The minimum Gasteiger partial charge on any atom is -0.481 e. The molecule has 6 rings (SSSR count). The van der Waals surface area contributed by atoms with Gasteiger partial charge in [0.2, 0.25) is 5.91 Å². The molecule has 10 atom stereocenters. The first-order valence-corrected chi connectivity index (χ1v) is 20.1. The van der Waals surface area contributed by atoms with Crippen molar-refractivity contribution in [1.82, 2.24) is 5.32 Å². The molecule has 0 heterocycles. The van der Waals surface area contributed by atoms with Crippen molar-refractivity contribution in [3.8, 4) is 0 Å². The Hall–Kier alpha value is -2.63. The second-order valence-corrected chi connectivity index (χ2v) is 20.2. The number of allylic oxidation sites excluding steroid dienone is 1. The van der Waals surface area contributed by atoms with Crippen molar-refractivity contribution in [1.29, 1.82) is 0 Å². The predicted molar refractivity (Wildman–Crippen MR) is 203 cm³/mol. The summed E-state index contributed by atoms with van der Waals surface area (Å²) in [6.07, 6.45) is 11.5. The van der Waals surface area contributed by atoms with E-state index in [2.05, 4.69) is 84.6 Å². The number of nitrogens with one attached hydrogen (secondary N) is 1. The average molecular weight is 702 g/mol. The van der Waals surface area contributed by atoms with Crippen LogP contribution in [0.15, 0.2) is 36.4 Å². The van der Waals surface area contributed by atoms with Gasteiger partial charge in [-0.1, -0.05) is 76.6 Å². The molecule has 0 saturated heterocycles. The highest BCUT2D eigenvalue weighted by molar-refractivity contribution is 5.81. The molecular weight excluding hydrogens is 634 g/mol. The van der Waals surface area contributed by atoms with E-state index in [4.69, 9.17) is 4.74 Å². The van der Waals surface area contributed by atoms with E-state index in [0.29, 0.717) is 42.6 Å². The predicted octanol–water partition coefficient (Wildman–Crippen LogP) is 10.1. The monoisotopic (exact) mass is 702 g/mol. The highest BCUT2D eigenvalue weighted by Crippen LogP contribution is 2.78. The van der Waals surface area contributed by atoms with Crippen molar-refractivity contribution in [2.75, 3.05) is 0 Å². The number of carboxylic acid groups (broad SMARTS) is 1. The van der Waals surface area contributed by atoms with Crippen LogP contribution >= 0.6 is 0 Å². The fourth-order valence-corrected chi connectivity index (χ4v) is 13.7. The SMILES string of the molecule is C=C(C)[C@@H]1CC[C@]2(CC(=O)NCc3ccc(C)cc3)CC[C@]3(C)[C@H](CC[C@@H]4[C@@]5(C)CC[C@H](OC(=O)CC(C)(C)C(=O)O)C(C)(C)[C@@H]5CC[C@]43C)[C@@H]12. The number of fused-ring (bicyclic) bond motifs is 7. The normalized spacial score (nSPS) is 39.8. The first kappa shape index (κ1) is 38.1. The van der Waals surface area contributed by atoms with Crippen LogP contribution in [0.4, 0.5) is 0 Å². The van der Waals surface area contributed by atoms with E-state index in [9.17, 15) is 19.5 Å². The van der Waals surface area contributed by atoms with Crippen molar-refractivity contribution < 1.29 is 24.2 Å². The van der Waals surface area contributed by atoms with Crippen LogP contribution in [0.3, 0.4) is 0 Å². The van der Waals surface area contributed by atoms with Gasteiger partial charge in [-0.05, 0) is 149 Å². The maximum Gasteiger partial charge on any atom is 0.309 e. The lowest BCUT2D eigenvalue weighted by atomic mass is 9.32. The van der Waals surface area contributed by atoms with Gasteiger partial charge in [0.15, 0.2) is 0 Å². The Morgan fingerprint density at radius 2 is 1.57 bits per heavy atom. The lowest BCUT2D eigenvalue weighted by molar-refractivity contribution is -0.250. The summed E-state index contributed by atoms with van der Waals surface area (Å²) in [5.74, 6) is 1.38. The van der Waals surface area contributed by atoms with E-state index in [0.717, 1.165) is 44.1 Å². The van der Waals surface area contributed by atoms with Gasteiger partial charge in [0.05, 0.1) is 11.8 Å². The third-order valence-corrected chi connectivity index (χ3v) is 16.7. The van der Waals surface area contributed by atoms with Crippen LogP contribution < -0.4 is 5.32 Å². The largest absolute Gasteiger partial charge is 0.481 e. The maximum atomic E-state index is 13.8. The summed E-state index contributed by atoms with van der Waals surface area (Å²) in [5, 5.41) is 12.9. The molecule has 6 nitrogen and oxygen atoms in total. The van der Waals surface area contributed by atoms with Crippen LogP contribution in [-0.4, -0.2) is 29.1 Å². The van der Waals surface area contributed by atoms with Crippen LogP contribution in [-0.2, 0) is 25.7 Å². The lowest BCUT2D eigenvalue weighted by Gasteiger charge is -2.73. The zero-order valence-electron chi connectivity index (χ0n) is 33.3. The molecule has 0 bridgehead atoms. The Kier molecular flexibility index (Phi) is 9.75. The number of hydrogen-bond acceptors (Lipinski definition) is 4. The number of esters is 1. The molecule has 1 aromatic carbocycles. The fraction of sp³-hybridized carbons (Fsp3) is 0.756. The Labute approximate surface area is 308 Å². The highest BCUT2D eigenvalue weighted by atomic mass is 16.5. The van der Waals surface area contributed by atoms with E-state index in [1.54, 1.807) is 13.8 Å². The summed E-state index contributed by atoms with van der Waals surface area (Å²) in [4.78, 5) is 38.6. The molecule has 0 aromatic heterocycles. The van der Waals surface area contributed by atoms with Gasteiger partial charge in [0.1, 0.15) is 6.10 Å². The Bertz CT molecular complexity index is 1540. The molecular formula is C45H67NO5. The van der Waals surface area contributed by atoms with Gasteiger partial charge < -0.3 is 15.2 Å². The van der Waals surface area contributed by atoms with E-state index in [-0.39, 0.29) is 45.5 Å².